The highest BCUT2D eigenvalue weighted by Gasteiger charge is 2.23. The molecule has 1 aromatic carbocycles. The molecule has 0 spiro atoms. The van der Waals surface area contributed by atoms with Crippen molar-refractivity contribution >= 4 is 11.6 Å². The molecule has 5 heteroatoms. The van der Waals surface area contributed by atoms with Gasteiger partial charge in [0.1, 0.15) is 11.6 Å². The molecule has 2 rings (SSSR count). The lowest BCUT2D eigenvalue weighted by Gasteiger charge is -2.19. The second-order valence-electron chi connectivity index (χ2n) is 5.80. The summed E-state index contributed by atoms with van der Waals surface area (Å²) in [7, 11) is 1.67. The average Bonchev–Trinajstić information content (AvgIpc) is 2.78. The van der Waals surface area contributed by atoms with Crippen LogP contribution in [-0.2, 0) is 18.4 Å². The molecule has 0 unspecified atom stereocenters. The van der Waals surface area contributed by atoms with E-state index < -0.39 is 0 Å². The van der Waals surface area contributed by atoms with E-state index >= 15 is 0 Å². The normalized spacial score (nSPS) is 11.7. The van der Waals surface area contributed by atoms with E-state index in [2.05, 4.69) is 37.0 Å². The smallest absolute Gasteiger partial charge is 0.225 e. The quantitative estimate of drug-likeness (QED) is 0.866. The minimum atomic E-state index is -0.0749. The molecule has 0 atom stereocenters. The van der Waals surface area contributed by atoms with E-state index in [1.807, 2.05) is 22.8 Å². The third-order valence-electron chi connectivity index (χ3n) is 3.13. The van der Waals surface area contributed by atoms with Gasteiger partial charge in [-0.1, -0.05) is 32.9 Å². The zero-order valence-electron chi connectivity index (χ0n) is 12.4. The highest BCUT2D eigenvalue weighted by Crippen LogP contribution is 2.23. The zero-order valence-corrected chi connectivity index (χ0v) is 13.1. The van der Waals surface area contributed by atoms with Gasteiger partial charge in [0, 0.05) is 12.0 Å². The molecule has 0 radical (unpaired) electrons. The lowest BCUT2D eigenvalue weighted by atomic mass is 9.95. The van der Waals surface area contributed by atoms with Crippen LogP contribution in [0.15, 0.2) is 24.3 Å². The van der Waals surface area contributed by atoms with Crippen LogP contribution in [0.25, 0.3) is 0 Å². The number of hydrogen-bond donors (Lipinski definition) is 0. The molecule has 0 amide bonds. The Kier molecular flexibility index (Phi) is 4.33. The van der Waals surface area contributed by atoms with Gasteiger partial charge in [-0.3, -0.25) is 0 Å². The molecule has 4 nitrogen and oxygen atoms in total. The van der Waals surface area contributed by atoms with Gasteiger partial charge >= 0.3 is 0 Å². The molecule has 0 saturated carbocycles. The van der Waals surface area contributed by atoms with Crippen molar-refractivity contribution in [2.45, 2.75) is 39.2 Å². The maximum atomic E-state index is 6.14. The SMILES string of the molecule is COc1cccc(CCn2c(Cl)nnc2C(C)(C)C)c1. The van der Waals surface area contributed by atoms with Gasteiger partial charge in [-0.15, -0.1) is 10.2 Å². The molecule has 20 heavy (non-hydrogen) atoms. The lowest BCUT2D eigenvalue weighted by molar-refractivity contribution is 0.414. The first-order valence-electron chi connectivity index (χ1n) is 6.64. The van der Waals surface area contributed by atoms with Crippen molar-refractivity contribution < 1.29 is 4.74 Å². The van der Waals surface area contributed by atoms with Crippen LogP contribution in [-0.4, -0.2) is 21.9 Å². The number of nitrogens with zero attached hydrogens (tertiary/aromatic N) is 3. The fourth-order valence-corrected chi connectivity index (χ4v) is 2.31. The van der Waals surface area contributed by atoms with Crippen molar-refractivity contribution in [1.82, 2.24) is 14.8 Å². The number of benzene rings is 1. The summed E-state index contributed by atoms with van der Waals surface area (Å²) in [6, 6.07) is 8.05. The number of methoxy groups -OCH3 is 1. The Morgan fingerprint density at radius 3 is 2.65 bits per heavy atom. The van der Waals surface area contributed by atoms with Gasteiger partial charge in [-0.05, 0) is 35.7 Å². The molecule has 0 saturated heterocycles. The van der Waals surface area contributed by atoms with E-state index in [1.54, 1.807) is 7.11 Å². The minimum absolute atomic E-state index is 0.0749. The van der Waals surface area contributed by atoms with E-state index in [9.17, 15) is 0 Å². The summed E-state index contributed by atoms with van der Waals surface area (Å²) in [6.07, 6.45) is 0.859. The maximum absolute atomic E-state index is 6.14. The van der Waals surface area contributed by atoms with Gasteiger partial charge in [-0.2, -0.15) is 0 Å². The Hall–Kier alpha value is -1.55. The van der Waals surface area contributed by atoms with Gasteiger partial charge in [0.15, 0.2) is 0 Å². The predicted octanol–water partition coefficient (Wildman–Crippen LogP) is 3.48. The van der Waals surface area contributed by atoms with Crippen LogP contribution >= 0.6 is 11.6 Å². The van der Waals surface area contributed by atoms with E-state index in [1.165, 1.54) is 5.56 Å². The molecule has 1 aromatic heterocycles. The van der Waals surface area contributed by atoms with Crippen LogP contribution in [0.5, 0.6) is 5.75 Å². The Labute approximate surface area is 124 Å². The first-order valence-corrected chi connectivity index (χ1v) is 7.01. The first-order chi connectivity index (χ1) is 9.41. The van der Waals surface area contributed by atoms with Crippen molar-refractivity contribution in [3.8, 4) is 5.75 Å². The zero-order chi connectivity index (χ0) is 14.8. The number of ether oxygens (including phenoxy) is 1. The first kappa shape index (κ1) is 14.9. The Balaban J connectivity index is 2.16. The monoisotopic (exact) mass is 293 g/mol. The number of halogens is 1. The third-order valence-corrected chi connectivity index (χ3v) is 3.41. The standard InChI is InChI=1S/C15H20ClN3O/c1-15(2,3)13-17-18-14(16)19(13)9-8-11-6-5-7-12(10-11)20-4/h5-7,10H,8-9H2,1-4H3. The predicted molar refractivity (Wildman–Crippen MR) is 80.4 cm³/mol. The molecule has 2 aromatic rings. The van der Waals surface area contributed by atoms with Gasteiger partial charge < -0.3 is 9.30 Å². The summed E-state index contributed by atoms with van der Waals surface area (Å²) in [5.74, 6) is 1.78. The van der Waals surface area contributed by atoms with Gasteiger partial charge in [-0.25, -0.2) is 0 Å². The summed E-state index contributed by atoms with van der Waals surface area (Å²) in [5, 5.41) is 8.61. The van der Waals surface area contributed by atoms with Gasteiger partial charge in [0.05, 0.1) is 7.11 Å². The Morgan fingerprint density at radius 1 is 1.25 bits per heavy atom. The molecule has 0 aliphatic heterocycles. The van der Waals surface area contributed by atoms with Crippen LogP contribution in [0.3, 0.4) is 0 Å². The molecule has 0 fully saturated rings. The number of hydrogen-bond acceptors (Lipinski definition) is 3. The van der Waals surface area contributed by atoms with Crippen molar-refractivity contribution in [1.29, 1.82) is 0 Å². The summed E-state index contributed by atoms with van der Waals surface area (Å²) < 4.78 is 7.21. The molecule has 0 aliphatic carbocycles. The summed E-state index contributed by atoms with van der Waals surface area (Å²) in [5.41, 5.74) is 1.13. The molecular formula is C15H20ClN3O. The highest BCUT2D eigenvalue weighted by molar-refractivity contribution is 6.28. The fourth-order valence-electron chi connectivity index (χ4n) is 2.11. The molecule has 0 bridgehead atoms. The summed E-state index contributed by atoms with van der Waals surface area (Å²) in [6.45, 7) is 7.08. The van der Waals surface area contributed by atoms with Gasteiger partial charge in [0.2, 0.25) is 5.28 Å². The number of aryl methyl sites for hydroxylation is 1. The topological polar surface area (TPSA) is 39.9 Å². The Bertz CT molecular complexity index is 587. The number of rotatable bonds is 4. The van der Waals surface area contributed by atoms with E-state index in [0.717, 1.165) is 24.5 Å². The molecule has 0 N–H and O–H groups in total. The highest BCUT2D eigenvalue weighted by atomic mass is 35.5. The minimum Gasteiger partial charge on any atom is -0.497 e. The molecular weight excluding hydrogens is 274 g/mol. The van der Waals surface area contributed by atoms with Crippen molar-refractivity contribution in [3.05, 3.63) is 40.9 Å². The summed E-state index contributed by atoms with van der Waals surface area (Å²) >= 11 is 6.14. The molecule has 1 heterocycles. The van der Waals surface area contributed by atoms with Crippen molar-refractivity contribution in [2.24, 2.45) is 0 Å². The van der Waals surface area contributed by atoms with Crippen molar-refractivity contribution in [3.63, 3.8) is 0 Å². The van der Waals surface area contributed by atoms with Crippen molar-refractivity contribution in [2.75, 3.05) is 7.11 Å². The van der Waals surface area contributed by atoms with Crippen LogP contribution < -0.4 is 4.74 Å². The average molecular weight is 294 g/mol. The van der Waals surface area contributed by atoms with E-state index in [4.69, 9.17) is 16.3 Å². The van der Waals surface area contributed by atoms with Gasteiger partial charge in [0.25, 0.3) is 0 Å². The van der Waals surface area contributed by atoms with Crippen LogP contribution in [0, 0.1) is 0 Å². The summed E-state index contributed by atoms with van der Waals surface area (Å²) in [4.78, 5) is 0. The lowest BCUT2D eigenvalue weighted by Crippen LogP contribution is -2.20. The molecule has 0 aliphatic rings. The van der Waals surface area contributed by atoms with Crippen LogP contribution in [0.1, 0.15) is 32.2 Å². The fraction of sp³-hybridized carbons (Fsp3) is 0.467. The van der Waals surface area contributed by atoms with E-state index in [0.29, 0.717) is 5.28 Å². The number of aromatic nitrogens is 3. The van der Waals surface area contributed by atoms with Crippen LogP contribution in [0.4, 0.5) is 0 Å². The largest absolute Gasteiger partial charge is 0.497 e. The second-order valence-corrected chi connectivity index (χ2v) is 6.13. The second kappa shape index (κ2) is 5.83. The maximum Gasteiger partial charge on any atom is 0.225 e. The van der Waals surface area contributed by atoms with E-state index in [-0.39, 0.29) is 5.41 Å². The third kappa shape index (κ3) is 3.31. The Morgan fingerprint density at radius 2 is 2.00 bits per heavy atom. The molecule has 108 valence electrons. The van der Waals surface area contributed by atoms with Crippen LogP contribution in [0.2, 0.25) is 5.28 Å².